The van der Waals surface area contributed by atoms with Crippen LogP contribution in [-0.2, 0) is 21.6 Å². The van der Waals surface area contributed by atoms with Gasteiger partial charge in [-0.1, -0.05) is 41.9 Å². The van der Waals surface area contributed by atoms with E-state index in [1.807, 2.05) is 6.07 Å². The maximum absolute atomic E-state index is 14.7. The molecule has 0 aliphatic carbocycles. The number of halogens is 2. The Morgan fingerprint density at radius 3 is 2.70 bits per heavy atom. The zero-order valence-corrected chi connectivity index (χ0v) is 20.2. The lowest BCUT2D eigenvalue weighted by molar-refractivity contribution is -0.119. The smallest absolute Gasteiger partial charge is 0.422 e. The molecule has 2 aliphatic heterocycles. The molecule has 190 valence electrons. The Labute approximate surface area is 216 Å². The van der Waals surface area contributed by atoms with Gasteiger partial charge in [-0.15, -0.1) is 0 Å². The normalized spacial score (nSPS) is 19.3. The van der Waals surface area contributed by atoms with Crippen molar-refractivity contribution in [1.29, 1.82) is 0 Å². The van der Waals surface area contributed by atoms with E-state index in [1.165, 1.54) is 0 Å². The SMILES string of the molecule is O=C(O)c1cnc(N[C@@H](Cc2ccccc2)C(=O)N2C(=O)O[C@]3(CCNC3)c3cc(Cl)ccc32)c(F)c1. The molecule has 3 N–H and O–H groups in total. The van der Waals surface area contributed by atoms with Crippen molar-refractivity contribution in [1.82, 2.24) is 10.3 Å². The average molecular weight is 525 g/mol. The van der Waals surface area contributed by atoms with Crippen molar-refractivity contribution in [3.8, 4) is 0 Å². The molecule has 2 amide bonds. The predicted molar refractivity (Wildman–Crippen MR) is 133 cm³/mol. The van der Waals surface area contributed by atoms with Gasteiger partial charge in [0.25, 0.3) is 5.91 Å². The number of carboxylic acids is 1. The molecule has 1 aromatic heterocycles. The number of carbonyl (C=O) groups is 3. The van der Waals surface area contributed by atoms with Crippen molar-refractivity contribution in [2.24, 2.45) is 0 Å². The van der Waals surface area contributed by atoms with E-state index >= 15 is 0 Å². The minimum atomic E-state index is -1.34. The number of nitrogens with one attached hydrogen (secondary N) is 2. The van der Waals surface area contributed by atoms with Crippen LogP contribution in [-0.4, -0.2) is 47.2 Å². The van der Waals surface area contributed by atoms with Crippen LogP contribution in [0.4, 0.5) is 20.7 Å². The number of imide groups is 1. The zero-order valence-electron chi connectivity index (χ0n) is 19.4. The number of carbonyl (C=O) groups excluding carboxylic acids is 2. The van der Waals surface area contributed by atoms with Crippen LogP contribution in [0.5, 0.6) is 0 Å². The summed E-state index contributed by atoms with van der Waals surface area (Å²) < 4.78 is 20.6. The number of nitrogens with zero attached hydrogens (tertiary/aromatic N) is 2. The van der Waals surface area contributed by atoms with Crippen molar-refractivity contribution in [2.75, 3.05) is 23.3 Å². The Kier molecular flexibility index (Phi) is 6.53. The molecule has 0 bridgehead atoms. The summed E-state index contributed by atoms with van der Waals surface area (Å²) in [5, 5.41) is 15.5. The highest BCUT2D eigenvalue weighted by molar-refractivity contribution is 6.31. The minimum absolute atomic E-state index is 0.0842. The van der Waals surface area contributed by atoms with Gasteiger partial charge in [0, 0.05) is 36.2 Å². The highest BCUT2D eigenvalue weighted by Crippen LogP contribution is 2.44. The molecule has 0 radical (unpaired) electrons. The molecular formula is C26H22ClFN4O5. The molecule has 0 saturated carbocycles. The summed E-state index contributed by atoms with van der Waals surface area (Å²) in [6.07, 6.45) is 0.741. The van der Waals surface area contributed by atoms with Crippen LogP contribution < -0.4 is 15.5 Å². The molecule has 3 heterocycles. The summed E-state index contributed by atoms with van der Waals surface area (Å²) in [5.74, 6) is -3.30. The molecule has 1 spiro atoms. The van der Waals surface area contributed by atoms with Crippen LogP contribution in [0.1, 0.15) is 27.9 Å². The van der Waals surface area contributed by atoms with E-state index in [9.17, 15) is 18.8 Å². The molecule has 5 rings (SSSR count). The number of hydrogen-bond donors (Lipinski definition) is 3. The van der Waals surface area contributed by atoms with E-state index in [2.05, 4.69) is 15.6 Å². The minimum Gasteiger partial charge on any atom is -0.478 e. The molecule has 0 unspecified atom stereocenters. The first kappa shape index (κ1) is 24.7. The van der Waals surface area contributed by atoms with E-state index in [4.69, 9.17) is 21.4 Å². The number of ether oxygens (including phenoxy) is 1. The number of aromatic nitrogens is 1. The number of benzene rings is 2. The van der Waals surface area contributed by atoms with Gasteiger partial charge in [-0.3, -0.25) is 4.79 Å². The first-order valence-corrected chi connectivity index (χ1v) is 11.9. The van der Waals surface area contributed by atoms with E-state index in [0.717, 1.165) is 22.7 Å². The van der Waals surface area contributed by atoms with Crippen molar-refractivity contribution in [2.45, 2.75) is 24.5 Å². The summed E-state index contributed by atoms with van der Waals surface area (Å²) in [6.45, 7) is 1.01. The number of fused-ring (bicyclic) bond motifs is 2. The average Bonchev–Trinajstić information content (AvgIpc) is 3.34. The van der Waals surface area contributed by atoms with Crippen molar-refractivity contribution < 1.29 is 28.6 Å². The molecule has 11 heteroatoms. The van der Waals surface area contributed by atoms with E-state index in [0.29, 0.717) is 35.8 Å². The summed E-state index contributed by atoms with van der Waals surface area (Å²) in [5.41, 5.74) is 0.399. The Morgan fingerprint density at radius 1 is 1.24 bits per heavy atom. The van der Waals surface area contributed by atoms with E-state index in [-0.39, 0.29) is 17.8 Å². The Balaban J connectivity index is 1.53. The van der Waals surface area contributed by atoms with Crippen LogP contribution >= 0.6 is 11.6 Å². The van der Waals surface area contributed by atoms with Gasteiger partial charge in [-0.2, -0.15) is 0 Å². The standard InChI is InChI=1S/C26H22ClFN4O5/c27-17-6-7-21-18(12-17)26(8-9-29-14-26)37-25(36)32(21)23(33)20(10-15-4-2-1-3-5-15)31-22-19(28)11-16(13-30-22)24(34)35/h1-7,11-13,20,29H,8-10,14H2,(H,30,31)(H,34,35)/t20-,26-/m0/s1. The molecular weight excluding hydrogens is 503 g/mol. The van der Waals surface area contributed by atoms with Gasteiger partial charge < -0.3 is 20.5 Å². The van der Waals surface area contributed by atoms with Crippen LogP contribution in [0.25, 0.3) is 0 Å². The van der Waals surface area contributed by atoms with Gasteiger partial charge in [0.1, 0.15) is 6.04 Å². The number of carboxylic acid groups (broad SMARTS) is 1. The lowest BCUT2D eigenvalue weighted by atomic mass is 9.89. The van der Waals surface area contributed by atoms with Crippen molar-refractivity contribution >= 4 is 41.1 Å². The summed E-state index contributed by atoms with van der Waals surface area (Å²) in [6, 6.07) is 13.5. The fraction of sp³-hybridized carbons (Fsp3) is 0.231. The first-order valence-electron chi connectivity index (χ1n) is 11.5. The van der Waals surface area contributed by atoms with Crippen LogP contribution in [0.2, 0.25) is 5.02 Å². The molecule has 1 saturated heterocycles. The van der Waals surface area contributed by atoms with Crippen molar-refractivity contribution in [3.63, 3.8) is 0 Å². The molecule has 1 fully saturated rings. The van der Waals surface area contributed by atoms with Gasteiger partial charge >= 0.3 is 12.1 Å². The molecule has 9 nitrogen and oxygen atoms in total. The number of rotatable bonds is 6. The predicted octanol–water partition coefficient (Wildman–Crippen LogP) is 3.97. The van der Waals surface area contributed by atoms with Crippen LogP contribution in [0.15, 0.2) is 60.8 Å². The number of pyridine rings is 1. The lowest BCUT2D eigenvalue weighted by Gasteiger charge is -2.40. The summed E-state index contributed by atoms with van der Waals surface area (Å²) >= 11 is 6.26. The molecule has 37 heavy (non-hydrogen) atoms. The molecule has 2 aliphatic rings. The van der Waals surface area contributed by atoms with Gasteiger partial charge in [-0.25, -0.2) is 23.9 Å². The first-order chi connectivity index (χ1) is 17.8. The quantitative estimate of drug-likeness (QED) is 0.443. The Hall–Kier alpha value is -4.02. The zero-order chi connectivity index (χ0) is 26.2. The number of aromatic carboxylic acids is 1. The fourth-order valence-electron chi connectivity index (χ4n) is 4.66. The molecule has 3 aromatic rings. The third-order valence-electron chi connectivity index (χ3n) is 6.47. The third-order valence-corrected chi connectivity index (χ3v) is 6.71. The van der Waals surface area contributed by atoms with Gasteiger partial charge in [-0.05, 0) is 36.4 Å². The number of hydrogen-bond acceptors (Lipinski definition) is 7. The molecule has 2 aromatic carbocycles. The topological polar surface area (TPSA) is 121 Å². The van der Waals surface area contributed by atoms with Crippen LogP contribution in [0, 0.1) is 5.82 Å². The monoisotopic (exact) mass is 524 g/mol. The molecule has 2 atom stereocenters. The highest BCUT2D eigenvalue weighted by Gasteiger charge is 2.49. The number of anilines is 2. The van der Waals surface area contributed by atoms with Gasteiger partial charge in [0.05, 0.1) is 11.3 Å². The largest absolute Gasteiger partial charge is 0.478 e. The van der Waals surface area contributed by atoms with E-state index < -0.39 is 35.4 Å². The van der Waals surface area contributed by atoms with Crippen LogP contribution in [0.3, 0.4) is 0 Å². The van der Waals surface area contributed by atoms with Gasteiger partial charge in [0.2, 0.25) is 0 Å². The maximum Gasteiger partial charge on any atom is 0.422 e. The third kappa shape index (κ3) is 4.73. The fourth-order valence-corrected chi connectivity index (χ4v) is 4.83. The second-order valence-electron chi connectivity index (χ2n) is 8.87. The van der Waals surface area contributed by atoms with Crippen molar-refractivity contribution in [3.05, 3.63) is 88.3 Å². The Bertz CT molecular complexity index is 1380. The van der Waals surface area contributed by atoms with E-state index in [1.54, 1.807) is 42.5 Å². The highest BCUT2D eigenvalue weighted by atomic mass is 35.5. The summed E-state index contributed by atoms with van der Waals surface area (Å²) in [7, 11) is 0. The second kappa shape index (κ2) is 9.79. The van der Waals surface area contributed by atoms with Gasteiger partial charge in [0.15, 0.2) is 17.2 Å². The summed E-state index contributed by atoms with van der Waals surface area (Å²) in [4.78, 5) is 43.2. The Morgan fingerprint density at radius 2 is 2.03 bits per heavy atom. The second-order valence-corrected chi connectivity index (χ2v) is 9.31. The maximum atomic E-state index is 14.7. The lowest BCUT2D eigenvalue weighted by Crippen LogP contribution is -2.54. The number of amides is 2.